The molecule has 0 aliphatic carbocycles. The molecule has 1 fully saturated rings. The Balaban J connectivity index is 2.07. The zero-order valence-electron chi connectivity index (χ0n) is 10.7. The predicted molar refractivity (Wildman–Crippen MR) is 69.8 cm³/mol. The van der Waals surface area contributed by atoms with Crippen LogP contribution in [-0.4, -0.2) is 36.6 Å². The van der Waals surface area contributed by atoms with Gasteiger partial charge in [-0.15, -0.1) is 0 Å². The summed E-state index contributed by atoms with van der Waals surface area (Å²) >= 11 is 0. The number of nitrogens with zero attached hydrogens (tertiary/aromatic N) is 2. The largest absolute Gasteiger partial charge is 0.379 e. The molecular weight excluding hydrogens is 242 g/mol. The lowest BCUT2D eigenvalue weighted by atomic mass is 10.0. The van der Waals surface area contributed by atoms with E-state index in [1.54, 1.807) is 0 Å². The van der Waals surface area contributed by atoms with Crippen molar-refractivity contribution in [1.82, 2.24) is 4.90 Å². The molecule has 100 valence electrons. The van der Waals surface area contributed by atoms with Crippen molar-refractivity contribution in [3.63, 3.8) is 0 Å². The molecule has 1 aliphatic rings. The maximum Gasteiger partial charge on any atom is 0.230 e. The number of carbonyl (C=O) groups is 1. The molecule has 1 saturated heterocycles. The van der Waals surface area contributed by atoms with Gasteiger partial charge < -0.3 is 15.4 Å². The van der Waals surface area contributed by atoms with Crippen LogP contribution in [0.15, 0.2) is 30.3 Å². The van der Waals surface area contributed by atoms with E-state index >= 15 is 0 Å². The fourth-order valence-corrected chi connectivity index (χ4v) is 2.16. The second-order valence-electron chi connectivity index (χ2n) is 4.65. The van der Waals surface area contributed by atoms with Gasteiger partial charge in [-0.05, 0) is 5.56 Å². The lowest BCUT2D eigenvalue weighted by Crippen LogP contribution is -2.43. The van der Waals surface area contributed by atoms with Crippen molar-refractivity contribution < 1.29 is 9.53 Å². The highest BCUT2D eigenvalue weighted by Gasteiger charge is 2.34. The second-order valence-corrected chi connectivity index (χ2v) is 4.65. The molecule has 1 aromatic rings. The Hall–Kier alpha value is -1.90. The van der Waals surface area contributed by atoms with E-state index < -0.39 is 0 Å². The van der Waals surface area contributed by atoms with Gasteiger partial charge in [-0.25, -0.2) is 0 Å². The van der Waals surface area contributed by atoms with Crippen LogP contribution >= 0.6 is 0 Å². The number of nitrogens with two attached hydrogens (primary N) is 1. The molecule has 1 aromatic carbocycles. The Morgan fingerprint density at radius 2 is 2.16 bits per heavy atom. The van der Waals surface area contributed by atoms with Crippen molar-refractivity contribution in [3.05, 3.63) is 35.9 Å². The molecule has 0 bridgehead atoms. The molecule has 5 heteroatoms. The summed E-state index contributed by atoms with van der Waals surface area (Å²) in [7, 11) is 0. The van der Waals surface area contributed by atoms with Gasteiger partial charge >= 0.3 is 0 Å². The average molecular weight is 259 g/mol. The summed E-state index contributed by atoms with van der Waals surface area (Å²) in [6.07, 6.45) is 0. The fourth-order valence-electron chi connectivity index (χ4n) is 2.16. The Labute approximate surface area is 112 Å². The highest BCUT2D eigenvalue weighted by molar-refractivity contribution is 5.80. The highest BCUT2D eigenvalue weighted by atomic mass is 16.5. The normalized spacial score (nSPS) is 21.9. The van der Waals surface area contributed by atoms with Gasteiger partial charge in [0.15, 0.2) is 0 Å². The van der Waals surface area contributed by atoms with Gasteiger partial charge in [0.1, 0.15) is 6.54 Å². The molecular formula is C14H17N3O2. The van der Waals surface area contributed by atoms with Gasteiger partial charge in [0, 0.05) is 12.6 Å². The van der Waals surface area contributed by atoms with E-state index in [2.05, 4.69) is 0 Å². The topological polar surface area (TPSA) is 79.3 Å². The molecule has 2 unspecified atom stereocenters. The average Bonchev–Trinajstić information content (AvgIpc) is 2.85. The molecule has 1 heterocycles. The summed E-state index contributed by atoms with van der Waals surface area (Å²) in [6.45, 7) is 1.24. The van der Waals surface area contributed by atoms with Crippen LogP contribution in [0.2, 0.25) is 0 Å². The number of hydrogen-bond acceptors (Lipinski definition) is 4. The first-order valence-corrected chi connectivity index (χ1v) is 6.25. The van der Waals surface area contributed by atoms with Gasteiger partial charge in [-0.2, -0.15) is 5.26 Å². The van der Waals surface area contributed by atoms with Gasteiger partial charge in [0.2, 0.25) is 5.91 Å². The molecule has 19 heavy (non-hydrogen) atoms. The molecule has 2 atom stereocenters. The number of ether oxygens (including phenoxy) is 1. The number of hydrogen-bond donors (Lipinski definition) is 1. The van der Waals surface area contributed by atoms with Crippen LogP contribution in [0.5, 0.6) is 0 Å². The third kappa shape index (κ3) is 3.31. The zero-order chi connectivity index (χ0) is 13.7. The van der Waals surface area contributed by atoms with E-state index in [4.69, 9.17) is 15.7 Å². The van der Waals surface area contributed by atoms with Crippen LogP contribution in [0.1, 0.15) is 5.56 Å². The van der Waals surface area contributed by atoms with Crippen LogP contribution in [0, 0.1) is 17.2 Å². The summed E-state index contributed by atoms with van der Waals surface area (Å²) in [5, 5.41) is 8.87. The molecule has 2 rings (SSSR count). The highest BCUT2D eigenvalue weighted by Crippen LogP contribution is 2.16. The van der Waals surface area contributed by atoms with Gasteiger partial charge in [-0.3, -0.25) is 4.79 Å². The Kier molecular flexibility index (Phi) is 4.50. The van der Waals surface area contributed by atoms with Crippen molar-refractivity contribution in [1.29, 1.82) is 5.26 Å². The van der Waals surface area contributed by atoms with Crippen molar-refractivity contribution in [2.75, 3.05) is 19.8 Å². The SMILES string of the molecule is N#CCN(Cc1ccccc1)C(=O)C1COCC1N. The van der Waals surface area contributed by atoms with E-state index in [0.29, 0.717) is 19.8 Å². The Morgan fingerprint density at radius 1 is 1.42 bits per heavy atom. The standard InChI is InChI=1S/C14H17N3O2/c15-6-7-17(8-11-4-2-1-3-5-11)14(18)12-9-19-10-13(12)16/h1-5,12-13H,7-10,16H2. The monoisotopic (exact) mass is 259 g/mol. The minimum absolute atomic E-state index is 0.0664. The summed E-state index contributed by atoms with van der Waals surface area (Å²) < 4.78 is 5.21. The molecule has 0 saturated carbocycles. The molecule has 0 spiro atoms. The first kappa shape index (κ1) is 13.5. The van der Waals surface area contributed by atoms with Crippen molar-refractivity contribution >= 4 is 5.91 Å². The third-order valence-electron chi connectivity index (χ3n) is 3.23. The molecule has 5 nitrogen and oxygen atoms in total. The zero-order valence-corrected chi connectivity index (χ0v) is 10.7. The van der Waals surface area contributed by atoms with Gasteiger partial charge in [0.05, 0.1) is 25.2 Å². The van der Waals surface area contributed by atoms with Crippen LogP contribution < -0.4 is 5.73 Å². The van der Waals surface area contributed by atoms with Crippen LogP contribution in [-0.2, 0) is 16.1 Å². The Morgan fingerprint density at radius 3 is 2.74 bits per heavy atom. The molecule has 0 radical (unpaired) electrons. The number of carbonyl (C=O) groups excluding carboxylic acids is 1. The van der Waals surface area contributed by atoms with Crippen molar-refractivity contribution in [3.8, 4) is 6.07 Å². The maximum absolute atomic E-state index is 12.4. The van der Waals surface area contributed by atoms with Crippen LogP contribution in [0.25, 0.3) is 0 Å². The predicted octanol–water partition coefficient (Wildman–Crippen LogP) is 0.512. The quantitative estimate of drug-likeness (QED) is 0.799. The van der Waals surface area contributed by atoms with E-state index in [9.17, 15) is 4.79 Å². The molecule has 1 aliphatic heterocycles. The summed E-state index contributed by atoms with van der Waals surface area (Å²) in [5.41, 5.74) is 6.85. The molecule has 0 aromatic heterocycles. The smallest absolute Gasteiger partial charge is 0.230 e. The van der Waals surface area contributed by atoms with Gasteiger partial charge in [0.25, 0.3) is 0 Å². The van der Waals surface area contributed by atoms with Crippen molar-refractivity contribution in [2.45, 2.75) is 12.6 Å². The number of rotatable bonds is 4. The molecule has 2 N–H and O–H groups in total. The number of amides is 1. The number of nitriles is 1. The van der Waals surface area contributed by atoms with E-state index in [1.165, 1.54) is 4.90 Å². The first-order chi connectivity index (χ1) is 9.22. The first-order valence-electron chi connectivity index (χ1n) is 6.25. The fraction of sp³-hybridized carbons (Fsp3) is 0.429. The van der Waals surface area contributed by atoms with Crippen LogP contribution in [0.4, 0.5) is 0 Å². The van der Waals surface area contributed by atoms with E-state index in [1.807, 2.05) is 36.4 Å². The van der Waals surface area contributed by atoms with Crippen molar-refractivity contribution in [2.24, 2.45) is 11.7 Å². The second kappa shape index (κ2) is 6.32. The minimum atomic E-state index is -0.336. The summed E-state index contributed by atoms with van der Waals surface area (Å²) in [5.74, 6) is -0.438. The van der Waals surface area contributed by atoms with E-state index in [0.717, 1.165) is 5.56 Å². The maximum atomic E-state index is 12.4. The lowest BCUT2D eigenvalue weighted by Gasteiger charge is -2.24. The van der Waals surface area contributed by atoms with E-state index in [-0.39, 0.29) is 24.4 Å². The summed E-state index contributed by atoms with van der Waals surface area (Å²) in [4.78, 5) is 13.9. The minimum Gasteiger partial charge on any atom is -0.379 e. The van der Waals surface area contributed by atoms with Crippen LogP contribution in [0.3, 0.4) is 0 Å². The third-order valence-corrected chi connectivity index (χ3v) is 3.23. The summed E-state index contributed by atoms with van der Waals surface area (Å²) in [6, 6.07) is 11.4. The number of benzene rings is 1. The molecule has 1 amide bonds. The Bertz CT molecular complexity index is 469. The lowest BCUT2D eigenvalue weighted by molar-refractivity contribution is -0.135. The van der Waals surface area contributed by atoms with Gasteiger partial charge in [-0.1, -0.05) is 30.3 Å².